The fourth-order valence-electron chi connectivity index (χ4n) is 3.20. The van der Waals surface area contributed by atoms with Crippen LogP contribution in [-0.2, 0) is 10.9 Å². The van der Waals surface area contributed by atoms with Crippen LogP contribution in [0.4, 0.5) is 36.7 Å². The lowest BCUT2D eigenvalue weighted by atomic mass is 10.1. The fraction of sp³-hybridized carbons (Fsp3) is 0.273. The Labute approximate surface area is 211 Å². The molecule has 2 aromatic carbocycles. The Balaban J connectivity index is 0.00000342. The van der Waals surface area contributed by atoms with Gasteiger partial charge in [-0.3, -0.25) is 0 Å². The third-order valence-electron chi connectivity index (χ3n) is 4.98. The Morgan fingerprint density at radius 1 is 1.06 bits per heavy atom. The Morgan fingerprint density at radius 3 is 2.49 bits per heavy atom. The summed E-state index contributed by atoms with van der Waals surface area (Å²) in [5.41, 5.74) is 3.33. The van der Waals surface area contributed by atoms with Crippen LogP contribution in [0.2, 0.25) is 5.02 Å². The van der Waals surface area contributed by atoms with Gasteiger partial charge in [-0.1, -0.05) is 35.9 Å². The zero-order chi connectivity index (χ0) is 24.1. The smallest absolute Gasteiger partial charge is 0.378 e. The molecular weight excluding hydrogens is 506 g/mol. The van der Waals surface area contributed by atoms with Crippen LogP contribution in [0, 0.1) is 6.92 Å². The number of aryl methyl sites for hydroxylation is 1. The number of aromatic nitrogens is 3. The van der Waals surface area contributed by atoms with Crippen LogP contribution in [0.1, 0.15) is 16.7 Å². The van der Waals surface area contributed by atoms with Crippen LogP contribution in [0.5, 0.6) is 0 Å². The number of halogens is 5. The summed E-state index contributed by atoms with van der Waals surface area (Å²) in [6, 6.07) is 10.6. The van der Waals surface area contributed by atoms with Crippen LogP contribution in [0.15, 0.2) is 47.6 Å². The van der Waals surface area contributed by atoms with Gasteiger partial charge < -0.3 is 15.0 Å². The molecule has 1 fully saturated rings. The molecule has 2 N–H and O–H groups in total. The minimum Gasteiger partial charge on any atom is -0.378 e. The molecule has 13 heteroatoms. The molecule has 1 aliphatic rings. The number of ether oxygens (including phenoxy) is 1. The van der Waals surface area contributed by atoms with Gasteiger partial charge in [0, 0.05) is 29.4 Å². The van der Waals surface area contributed by atoms with Gasteiger partial charge in [0.2, 0.25) is 17.8 Å². The summed E-state index contributed by atoms with van der Waals surface area (Å²) in [7, 11) is 0. The van der Waals surface area contributed by atoms with E-state index in [9.17, 15) is 13.2 Å². The van der Waals surface area contributed by atoms with Crippen molar-refractivity contribution in [3.05, 3.63) is 64.2 Å². The molecule has 0 radical (unpaired) electrons. The molecule has 1 aromatic heterocycles. The van der Waals surface area contributed by atoms with Gasteiger partial charge in [-0.15, -0.1) is 12.4 Å². The van der Waals surface area contributed by atoms with Crippen LogP contribution in [-0.4, -0.2) is 47.5 Å². The lowest BCUT2D eigenvalue weighted by molar-refractivity contribution is -0.137. The van der Waals surface area contributed by atoms with Crippen molar-refractivity contribution in [3.63, 3.8) is 0 Å². The van der Waals surface area contributed by atoms with Crippen LogP contribution in [0.25, 0.3) is 0 Å². The summed E-state index contributed by atoms with van der Waals surface area (Å²) in [5, 5.41) is 7.59. The summed E-state index contributed by atoms with van der Waals surface area (Å²) >= 11 is 6.21. The fourth-order valence-corrected chi connectivity index (χ4v) is 3.38. The van der Waals surface area contributed by atoms with Gasteiger partial charge >= 0.3 is 6.18 Å². The van der Waals surface area contributed by atoms with Crippen molar-refractivity contribution >= 4 is 53.8 Å². The molecule has 0 atom stereocenters. The van der Waals surface area contributed by atoms with Gasteiger partial charge in [0.25, 0.3) is 0 Å². The second-order valence-corrected chi connectivity index (χ2v) is 7.83. The number of anilines is 4. The van der Waals surface area contributed by atoms with Crippen molar-refractivity contribution in [2.24, 2.45) is 5.10 Å². The molecule has 1 saturated heterocycles. The summed E-state index contributed by atoms with van der Waals surface area (Å²) in [5.74, 6) is 0.676. The SMILES string of the molecule is Cc1ccc(Nc2nc(NN=Cc3ccccc3C(F)(F)F)nc(N3CCOCC3)n2)cc1Cl.Cl. The molecule has 0 amide bonds. The van der Waals surface area contributed by atoms with E-state index in [1.807, 2.05) is 24.0 Å². The molecule has 3 aromatic rings. The van der Waals surface area contributed by atoms with Crippen molar-refractivity contribution in [2.45, 2.75) is 13.1 Å². The maximum absolute atomic E-state index is 13.2. The highest BCUT2D eigenvalue weighted by Crippen LogP contribution is 2.31. The predicted molar refractivity (Wildman–Crippen MR) is 132 cm³/mol. The molecular formula is C22H22Cl2F3N7O. The average molecular weight is 528 g/mol. The number of hydrogen-bond donors (Lipinski definition) is 2. The van der Waals surface area contributed by atoms with Crippen LogP contribution < -0.4 is 15.6 Å². The minimum absolute atomic E-state index is 0. The largest absolute Gasteiger partial charge is 0.417 e. The van der Waals surface area contributed by atoms with E-state index in [1.165, 1.54) is 18.2 Å². The standard InChI is InChI=1S/C22H21ClF3N7O.ClH/c1-14-6-7-16(12-18(14)23)28-19-29-20(31-21(30-19)33-8-10-34-11-9-33)32-27-13-15-4-2-3-5-17(15)22(24,25)26;/h2-7,12-13H,8-11H2,1H3,(H2,28,29,30,31,32);1H. The van der Waals surface area contributed by atoms with Gasteiger partial charge in [0.1, 0.15) is 0 Å². The summed E-state index contributed by atoms with van der Waals surface area (Å²) < 4.78 is 45.0. The second-order valence-electron chi connectivity index (χ2n) is 7.43. The van der Waals surface area contributed by atoms with Crippen molar-refractivity contribution in [3.8, 4) is 0 Å². The molecule has 0 aliphatic carbocycles. The van der Waals surface area contributed by atoms with E-state index in [-0.39, 0.29) is 29.9 Å². The maximum Gasteiger partial charge on any atom is 0.417 e. The van der Waals surface area contributed by atoms with Gasteiger partial charge in [0.15, 0.2) is 0 Å². The van der Waals surface area contributed by atoms with Crippen molar-refractivity contribution < 1.29 is 17.9 Å². The van der Waals surface area contributed by atoms with Crippen molar-refractivity contribution in [1.82, 2.24) is 15.0 Å². The van der Waals surface area contributed by atoms with Gasteiger partial charge in [-0.25, -0.2) is 5.43 Å². The quantitative estimate of drug-likeness (QED) is 0.332. The lowest BCUT2D eigenvalue weighted by Crippen LogP contribution is -2.37. The first kappa shape index (κ1) is 26.5. The summed E-state index contributed by atoms with van der Waals surface area (Å²) in [6.07, 6.45) is -3.42. The molecule has 4 rings (SSSR count). The van der Waals surface area contributed by atoms with Crippen molar-refractivity contribution in [2.75, 3.05) is 41.9 Å². The van der Waals surface area contributed by atoms with E-state index >= 15 is 0 Å². The van der Waals surface area contributed by atoms with Gasteiger partial charge in [-0.2, -0.15) is 33.2 Å². The Hall–Kier alpha value is -3.15. The number of nitrogens with one attached hydrogen (secondary N) is 2. The number of morpholine rings is 1. The maximum atomic E-state index is 13.2. The van der Waals surface area contributed by atoms with Crippen LogP contribution >= 0.6 is 24.0 Å². The molecule has 0 unspecified atom stereocenters. The summed E-state index contributed by atoms with van der Waals surface area (Å²) in [4.78, 5) is 15.1. The highest BCUT2D eigenvalue weighted by Gasteiger charge is 2.32. The average Bonchev–Trinajstić information content (AvgIpc) is 2.82. The van der Waals surface area contributed by atoms with E-state index in [0.717, 1.165) is 17.8 Å². The van der Waals surface area contributed by atoms with E-state index < -0.39 is 11.7 Å². The van der Waals surface area contributed by atoms with Crippen molar-refractivity contribution in [1.29, 1.82) is 0 Å². The number of alkyl halides is 3. The van der Waals surface area contributed by atoms with E-state index in [0.29, 0.717) is 43.0 Å². The number of rotatable bonds is 6. The Bertz CT molecular complexity index is 1190. The first-order valence-corrected chi connectivity index (χ1v) is 10.7. The first-order chi connectivity index (χ1) is 16.3. The Kier molecular flexibility index (Phi) is 8.71. The third-order valence-corrected chi connectivity index (χ3v) is 5.39. The predicted octanol–water partition coefficient (Wildman–Crippen LogP) is 5.30. The molecule has 186 valence electrons. The molecule has 35 heavy (non-hydrogen) atoms. The number of benzene rings is 2. The lowest BCUT2D eigenvalue weighted by Gasteiger charge is -2.27. The molecule has 0 saturated carbocycles. The van der Waals surface area contributed by atoms with Gasteiger partial charge in [-0.05, 0) is 30.7 Å². The molecule has 1 aliphatic heterocycles. The normalized spacial score (nSPS) is 14.0. The second kappa shape index (κ2) is 11.5. The number of nitrogens with zero attached hydrogens (tertiary/aromatic N) is 5. The highest BCUT2D eigenvalue weighted by atomic mass is 35.5. The Morgan fingerprint density at radius 2 is 1.77 bits per heavy atom. The first-order valence-electron chi connectivity index (χ1n) is 10.4. The topological polar surface area (TPSA) is 87.6 Å². The molecule has 0 spiro atoms. The summed E-state index contributed by atoms with van der Waals surface area (Å²) in [6.45, 7) is 4.11. The van der Waals surface area contributed by atoms with Crippen LogP contribution in [0.3, 0.4) is 0 Å². The van der Waals surface area contributed by atoms with E-state index in [2.05, 4.69) is 30.8 Å². The number of hydrogen-bond acceptors (Lipinski definition) is 8. The monoisotopic (exact) mass is 527 g/mol. The highest BCUT2D eigenvalue weighted by molar-refractivity contribution is 6.31. The zero-order valence-electron chi connectivity index (χ0n) is 18.5. The van der Waals surface area contributed by atoms with E-state index in [1.54, 1.807) is 6.07 Å². The molecule has 2 heterocycles. The number of hydrazone groups is 1. The van der Waals surface area contributed by atoms with E-state index in [4.69, 9.17) is 16.3 Å². The van der Waals surface area contributed by atoms with Gasteiger partial charge in [0.05, 0.1) is 25.0 Å². The third kappa shape index (κ3) is 6.93. The molecule has 0 bridgehead atoms. The zero-order valence-corrected chi connectivity index (χ0v) is 20.1. The minimum atomic E-state index is -4.49. The molecule has 8 nitrogen and oxygen atoms in total.